The summed E-state index contributed by atoms with van der Waals surface area (Å²) in [7, 11) is 0. The van der Waals surface area contributed by atoms with Crippen LogP contribution in [-0.4, -0.2) is 42.8 Å². The second kappa shape index (κ2) is 6.59. The van der Waals surface area contributed by atoms with E-state index in [1.165, 1.54) is 0 Å². The van der Waals surface area contributed by atoms with E-state index >= 15 is 0 Å². The molecule has 0 aliphatic carbocycles. The summed E-state index contributed by atoms with van der Waals surface area (Å²) in [6, 6.07) is 0.998. The van der Waals surface area contributed by atoms with Crippen LogP contribution in [0.25, 0.3) is 0 Å². The largest absolute Gasteiger partial charge is 0.478 e. The molecule has 1 atom stereocenters. The molecule has 1 aromatic rings. The molecule has 114 valence electrons. The Labute approximate surface area is 119 Å². The van der Waals surface area contributed by atoms with Crippen LogP contribution in [0.1, 0.15) is 16.8 Å². The summed E-state index contributed by atoms with van der Waals surface area (Å²) < 4.78 is 32.0. The minimum atomic E-state index is -1.54. The summed E-state index contributed by atoms with van der Waals surface area (Å²) in [5, 5.41) is 14.1. The van der Waals surface area contributed by atoms with Gasteiger partial charge in [0.1, 0.15) is 11.6 Å². The van der Waals surface area contributed by atoms with Gasteiger partial charge in [-0.2, -0.15) is 0 Å². The van der Waals surface area contributed by atoms with Gasteiger partial charge in [-0.25, -0.2) is 13.6 Å². The van der Waals surface area contributed by atoms with E-state index in [0.717, 1.165) is 6.07 Å². The lowest BCUT2D eigenvalue weighted by Gasteiger charge is -2.23. The minimum Gasteiger partial charge on any atom is -0.478 e. The molecule has 1 saturated heterocycles. The zero-order valence-electron chi connectivity index (χ0n) is 11.0. The first-order chi connectivity index (χ1) is 9.97. The molecule has 1 fully saturated rings. The van der Waals surface area contributed by atoms with Crippen LogP contribution in [-0.2, 0) is 9.53 Å². The average molecular weight is 300 g/mol. The van der Waals surface area contributed by atoms with Crippen LogP contribution in [0.4, 0.5) is 14.5 Å². The van der Waals surface area contributed by atoms with Gasteiger partial charge in [0.15, 0.2) is 0 Å². The number of carboxylic acid groups (broad SMARTS) is 1. The van der Waals surface area contributed by atoms with E-state index < -0.39 is 29.1 Å². The zero-order chi connectivity index (χ0) is 15.4. The highest BCUT2D eigenvalue weighted by atomic mass is 19.1. The molecule has 1 aromatic carbocycles. The number of halogens is 2. The quantitative estimate of drug-likeness (QED) is 0.771. The second-order valence-electron chi connectivity index (χ2n) is 4.60. The highest BCUT2D eigenvalue weighted by molar-refractivity contribution is 5.94. The lowest BCUT2D eigenvalue weighted by Crippen LogP contribution is -2.43. The van der Waals surface area contributed by atoms with Crippen molar-refractivity contribution in [3.05, 3.63) is 29.3 Å². The molecule has 0 radical (unpaired) electrons. The van der Waals surface area contributed by atoms with Crippen molar-refractivity contribution in [2.45, 2.75) is 12.5 Å². The molecule has 8 heteroatoms. The Kier molecular flexibility index (Phi) is 4.81. The van der Waals surface area contributed by atoms with Crippen molar-refractivity contribution < 1.29 is 28.2 Å². The maximum absolute atomic E-state index is 13.5. The molecule has 1 heterocycles. The molecule has 0 bridgehead atoms. The van der Waals surface area contributed by atoms with Gasteiger partial charge in [0, 0.05) is 25.1 Å². The molecule has 6 nitrogen and oxygen atoms in total. The number of morpholine rings is 1. The lowest BCUT2D eigenvalue weighted by atomic mass is 10.1. The Bertz CT molecular complexity index is 559. The van der Waals surface area contributed by atoms with Crippen molar-refractivity contribution in [2.24, 2.45) is 0 Å². The van der Waals surface area contributed by atoms with Gasteiger partial charge in [0.05, 0.1) is 24.5 Å². The van der Waals surface area contributed by atoms with Gasteiger partial charge in [-0.05, 0) is 6.07 Å². The molecule has 0 saturated carbocycles. The van der Waals surface area contributed by atoms with Crippen LogP contribution in [0, 0.1) is 11.6 Å². The SMILES string of the molecule is O=C(CC1COCCN1)Nc1cc(C(=O)O)c(F)cc1F. The van der Waals surface area contributed by atoms with E-state index in [0.29, 0.717) is 25.8 Å². The number of rotatable bonds is 4. The minimum absolute atomic E-state index is 0.0409. The van der Waals surface area contributed by atoms with Gasteiger partial charge >= 0.3 is 5.97 Å². The number of carbonyl (C=O) groups excluding carboxylic acids is 1. The smallest absolute Gasteiger partial charge is 0.338 e. The van der Waals surface area contributed by atoms with E-state index in [4.69, 9.17) is 9.84 Å². The van der Waals surface area contributed by atoms with Gasteiger partial charge in [0.25, 0.3) is 0 Å². The normalized spacial score (nSPS) is 18.3. The molecule has 21 heavy (non-hydrogen) atoms. The number of carboxylic acids is 1. The Morgan fingerprint density at radius 3 is 2.76 bits per heavy atom. The number of hydrogen-bond donors (Lipinski definition) is 3. The Hall–Kier alpha value is -2.06. The predicted molar refractivity (Wildman–Crippen MR) is 69.2 cm³/mol. The first kappa shape index (κ1) is 15.3. The fourth-order valence-electron chi connectivity index (χ4n) is 1.98. The third-order valence-electron chi connectivity index (χ3n) is 2.99. The van der Waals surface area contributed by atoms with Crippen molar-refractivity contribution in [2.75, 3.05) is 25.1 Å². The van der Waals surface area contributed by atoms with Crippen molar-refractivity contribution in [1.29, 1.82) is 0 Å². The summed E-state index contributed by atoms with van der Waals surface area (Å²) in [5.41, 5.74) is -1.07. The van der Waals surface area contributed by atoms with E-state index in [-0.39, 0.29) is 18.2 Å². The van der Waals surface area contributed by atoms with Crippen molar-refractivity contribution in [3.8, 4) is 0 Å². The summed E-state index contributed by atoms with van der Waals surface area (Å²) >= 11 is 0. The summed E-state index contributed by atoms with van der Waals surface area (Å²) in [5.74, 6) is -4.27. The first-order valence-electron chi connectivity index (χ1n) is 6.30. The van der Waals surface area contributed by atoms with Gasteiger partial charge < -0.3 is 20.5 Å². The van der Waals surface area contributed by atoms with Crippen LogP contribution in [0.5, 0.6) is 0 Å². The van der Waals surface area contributed by atoms with Crippen LogP contribution < -0.4 is 10.6 Å². The molecule has 1 aliphatic heterocycles. The predicted octanol–water partition coefficient (Wildman–Crippen LogP) is 0.980. The number of nitrogens with one attached hydrogen (secondary N) is 2. The molecule has 0 aromatic heterocycles. The fraction of sp³-hybridized carbons (Fsp3) is 0.385. The van der Waals surface area contributed by atoms with Gasteiger partial charge in [-0.15, -0.1) is 0 Å². The maximum atomic E-state index is 13.5. The highest BCUT2D eigenvalue weighted by Gasteiger charge is 2.20. The van der Waals surface area contributed by atoms with E-state index in [1.807, 2.05) is 0 Å². The van der Waals surface area contributed by atoms with Crippen molar-refractivity contribution in [1.82, 2.24) is 5.32 Å². The molecular weight excluding hydrogens is 286 g/mol. The van der Waals surface area contributed by atoms with Gasteiger partial charge in [0.2, 0.25) is 5.91 Å². The van der Waals surface area contributed by atoms with Gasteiger partial charge in [-0.1, -0.05) is 0 Å². The standard InChI is InChI=1S/C13H14F2N2O4/c14-9-5-10(15)11(4-8(9)13(19)20)17-12(18)3-7-6-21-2-1-16-7/h4-5,7,16H,1-3,6H2,(H,17,18)(H,19,20). The highest BCUT2D eigenvalue weighted by Crippen LogP contribution is 2.20. The molecule has 2 rings (SSSR count). The molecule has 1 unspecified atom stereocenters. The number of anilines is 1. The maximum Gasteiger partial charge on any atom is 0.338 e. The summed E-state index contributed by atoms with van der Waals surface area (Å²) in [6.07, 6.45) is 0.0409. The number of benzene rings is 1. The van der Waals surface area contributed by atoms with Crippen LogP contribution in [0.3, 0.4) is 0 Å². The summed E-state index contributed by atoms with van der Waals surface area (Å²) in [6.45, 7) is 1.54. The number of ether oxygens (including phenoxy) is 1. The monoisotopic (exact) mass is 300 g/mol. The fourth-order valence-corrected chi connectivity index (χ4v) is 1.98. The molecule has 1 amide bonds. The number of aromatic carboxylic acids is 1. The van der Waals surface area contributed by atoms with Crippen molar-refractivity contribution >= 4 is 17.6 Å². The third-order valence-corrected chi connectivity index (χ3v) is 2.99. The molecule has 0 spiro atoms. The number of amides is 1. The van der Waals surface area contributed by atoms with E-state index in [1.54, 1.807) is 0 Å². The Morgan fingerprint density at radius 1 is 1.38 bits per heavy atom. The third kappa shape index (κ3) is 3.96. The van der Waals surface area contributed by atoms with Crippen LogP contribution in [0.15, 0.2) is 12.1 Å². The van der Waals surface area contributed by atoms with Crippen molar-refractivity contribution in [3.63, 3.8) is 0 Å². The van der Waals surface area contributed by atoms with Gasteiger partial charge in [-0.3, -0.25) is 4.79 Å². The summed E-state index contributed by atoms with van der Waals surface area (Å²) in [4.78, 5) is 22.6. The second-order valence-corrected chi connectivity index (χ2v) is 4.60. The first-order valence-corrected chi connectivity index (χ1v) is 6.30. The topological polar surface area (TPSA) is 87.7 Å². The van der Waals surface area contributed by atoms with E-state index in [2.05, 4.69) is 10.6 Å². The van der Waals surface area contributed by atoms with Crippen LogP contribution >= 0.6 is 0 Å². The average Bonchev–Trinajstić information content (AvgIpc) is 2.42. The molecule has 1 aliphatic rings. The zero-order valence-corrected chi connectivity index (χ0v) is 11.0. The molecular formula is C13H14F2N2O4. The molecule has 3 N–H and O–H groups in total. The van der Waals surface area contributed by atoms with Crippen LogP contribution in [0.2, 0.25) is 0 Å². The number of carbonyl (C=O) groups is 2. The number of hydrogen-bond acceptors (Lipinski definition) is 4. The lowest BCUT2D eigenvalue weighted by molar-refractivity contribution is -0.117. The Balaban J connectivity index is 2.06. The Morgan fingerprint density at radius 2 is 2.14 bits per heavy atom. The van der Waals surface area contributed by atoms with E-state index in [9.17, 15) is 18.4 Å².